The summed E-state index contributed by atoms with van der Waals surface area (Å²) in [6.45, 7) is 4.05. The zero-order chi connectivity index (χ0) is 32.7. The minimum absolute atomic E-state index is 0.00591. The Hall–Kier alpha value is -3.63. The summed E-state index contributed by atoms with van der Waals surface area (Å²) in [4.78, 5) is 63.3. The number of halogens is 1. The fourth-order valence-corrected chi connectivity index (χ4v) is 4.77. The number of carboxylic acid groups (broad SMARTS) is 1. The molecule has 0 saturated heterocycles. The average molecular weight is 729 g/mol. The first-order chi connectivity index (χ1) is 21.0. The van der Waals surface area contributed by atoms with Gasteiger partial charge in [-0.05, 0) is 91.3 Å². The summed E-state index contributed by atoms with van der Waals surface area (Å²) >= 11 is 2.14. The molecule has 0 saturated carbocycles. The van der Waals surface area contributed by atoms with Gasteiger partial charge in [0.25, 0.3) is 5.91 Å². The number of carboxylic acids is 1. The van der Waals surface area contributed by atoms with E-state index in [1.807, 2.05) is 13.0 Å². The summed E-state index contributed by atoms with van der Waals surface area (Å²) in [5.41, 5.74) is 12.1. The number of nitrogens with zero attached hydrogens (tertiary/aromatic N) is 1. The smallest absolute Gasteiger partial charge is 0.326 e. The van der Waals surface area contributed by atoms with Gasteiger partial charge in [0.1, 0.15) is 6.04 Å². The molecular formula is C29H47IN8O6. The van der Waals surface area contributed by atoms with Crippen LogP contribution in [0.4, 0.5) is 4.79 Å². The second-order valence-corrected chi connectivity index (χ2v) is 11.5. The summed E-state index contributed by atoms with van der Waals surface area (Å²) in [5.74, 6) is -1.61. The number of hydrogen-bond donors (Lipinski definition) is 8. The Bertz CT molecular complexity index is 1110. The molecule has 0 radical (unpaired) electrons. The van der Waals surface area contributed by atoms with Crippen molar-refractivity contribution in [3.05, 3.63) is 32.9 Å². The monoisotopic (exact) mass is 728 g/mol. The Labute approximate surface area is 272 Å². The number of aliphatic carboxylic acids is 1. The summed E-state index contributed by atoms with van der Waals surface area (Å²) in [7, 11) is 0. The first-order valence-electron chi connectivity index (χ1n) is 15.0. The highest BCUT2D eigenvalue weighted by Crippen LogP contribution is 2.14. The van der Waals surface area contributed by atoms with Crippen molar-refractivity contribution in [1.29, 1.82) is 0 Å². The number of benzene rings is 1. The molecule has 1 aromatic rings. The van der Waals surface area contributed by atoms with Crippen molar-refractivity contribution in [1.82, 2.24) is 26.6 Å². The van der Waals surface area contributed by atoms with Gasteiger partial charge in [-0.15, -0.1) is 0 Å². The number of amides is 5. The second kappa shape index (κ2) is 22.8. The van der Waals surface area contributed by atoms with Crippen molar-refractivity contribution in [3.8, 4) is 0 Å². The minimum atomic E-state index is -1.05. The van der Waals surface area contributed by atoms with Crippen LogP contribution in [0, 0.1) is 3.57 Å². The topological polar surface area (TPSA) is 230 Å². The third kappa shape index (κ3) is 18.8. The number of unbranched alkanes of at least 4 members (excludes halogenated alkanes) is 4. The molecular weight excluding hydrogens is 681 g/mol. The molecule has 44 heavy (non-hydrogen) atoms. The third-order valence-electron chi connectivity index (χ3n) is 6.35. The molecule has 0 aliphatic carbocycles. The number of carbonyl (C=O) groups excluding carboxylic acids is 4. The molecule has 5 amide bonds. The highest BCUT2D eigenvalue weighted by molar-refractivity contribution is 14.1. The molecule has 0 unspecified atom stereocenters. The maximum atomic E-state index is 12.5. The Morgan fingerprint density at radius 3 is 1.89 bits per heavy atom. The van der Waals surface area contributed by atoms with Gasteiger partial charge in [-0.3, -0.25) is 14.4 Å². The molecule has 1 atom stereocenters. The maximum absolute atomic E-state index is 12.5. The fraction of sp³-hybridized carbons (Fsp3) is 0.586. The molecule has 246 valence electrons. The second-order valence-electron chi connectivity index (χ2n) is 10.2. The first-order valence-corrected chi connectivity index (χ1v) is 16.0. The van der Waals surface area contributed by atoms with Crippen LogP contribution in [0.25, 0.3) is 0 Å². The van der Waals surface area contributed by atoms with Crippen LogP contribution in [-0.2, 0) is 20.9 Å². The van der Waals surface area contributed by atoms with Crippen LogP contribution in [-0.4, -0.2) is 73.0 Å². The van der Waals surface area contributed by atoms with Crippen LogP contribution in [0.1, 0.15) is 87.1 Å². The van der Waals surface area contributed by atoms with Gasteiger partial charge in [0.15, 0.2) is 5.96 Å². The maximum Gasteiger partial charge on any atom is 0.326 e. The number of guanidine groups is 1. The van der Waals surface area contributed by atoms with Crippen LogP contribution in [0.3, 0.4) is 0 Å². The molecule has 0 fully saturated rings. The van der Waals surface area contributed by atoms with Crippen molar-refractivity contribution in [2.24, 2.45) is 16.5 Å². The van der Waals surface area contributed by atoms with Crippen LogP contribution in [0.15, 0.2) is 23.2 Å². The van der Waals surface area contributed by atoms with Crippen LogP contribution in [0.2, 0.25) is 0 Å². The molecule has 15 heteroatoms. The molecule has 14 nitrogen and oxygen atoms in total. The minimum Gasteiger partial charge on any atom is -0.480 e. The number of rotatable bonds is 22. The van der Waals surface area contributed by atoms with E-state index in [-0.39, 0.29) is 36.5 Å². The SMILES string of the molecule is CCC[C@H](NC(=O)NCCCCCNC(=O)CCC(=O)NCCCCCNC(=O)c1cc([125I])cc(CN=C(N)N)c1)C(=O)O. The van der Waals surface area contributed by atoms with E-state index in [2.05, 4.69) is 54.2 Å². The van der Waals surface area contributed by atoms with Crippen LogP contribution < -0.4 is 38.1 Å². The van der Waals surface area contributed by atoms with E-state index in [1.54, 1.807) is 12.1 Å². The van der Waals surface area contributed by atoms with E-state index in [0.717, 1.165) is 41.2 Å². The lowest BCUT2D eigenvalue weighted by Crippen LogP contribution is -2.46. The van der Waals surface area contributed by atoms with Gasteiger partial charge in [-0.2, -0.15) is 0 Å². The van der Waals surface area contributed by atoms with Crippen molar-refractivity contribution in [3.63, 3.8) is 0 Å². The van der Waals surface area contributed by atoms with E-state index in [0.29, 0.717) is 57.5 Å². The van der Waals surface area contributed by atoms with Gasteiger partial charge in [-0.25, -0.2) is 14.6 Å². The molecule has 1 aromatic carbocycles. The number of aliphatic imine (C=N–C) groups is 1. The number of urea groups is 1. The van der Waals surface area contributed by atoms with E-state index >= 15 is 0 Å². The first kappa shape index (κ1) is 38.4. The van der Waals surface area contributed by atoms with Crippen LogP contribution >= 0.6 is 22.6 Å². The number of nitrogens with two attached hydrogens (primary N) is 2. The lowest BCUT2D eigenvalue weighted by Gasteiger charge is -2.14. The summed E-state index contributed by atoms with van der Waals surface area (Å²) in [5, 5.41) is 22.6. The Morgan fingerprint density at radius 2 is 1.36 bits per heavy atom. The predicted molar refractivity (Wildman–Crippen MR) is 177 cm³/mol. The molecule has 0 heterocycles. The lowest BCUT2D eigenvalue weighted by atomic mass is 10.1. The highest BCUT2D eigenvalue weighted by atomic mass is 125. The molecule has 1 rings (SSSR count). The summed E-state index contributed by atoms with van der Waals surface area (Å²) in [6, 6.07) is 4.07. The van der Waals surface area contributed by atoms with Crippen LogP contribution in [0.5, 0.6) is 0 Å². The molecule has 0 aliphatic rings. The number of carbonyl (C=O) groups is 5. The lowest BCUT2D eigenvalue weighted by molar-refractivity contribution is -0.139. The Balaban J connectivity index is 2.05. The van der Waals surface area contributed by atoms with E-state index in [1.165, 1.54) is 0 Å². The van der Waals surface area contributed by atoms with E-state index in [9.17, 15) is 24.0 Å². The quantitative estimate of drug-likeness (QED) is 0.0378. The number of hydrogen-bond acceptors (Lipinski definition) is 6. The Kier molecular flexibility index (Phi) is 19.9. The molecule has 0 aliphatic heterocycles. The van der Waals surface area contributed by atoms with Gasteiger partial charge in [0, 0.05) is 48.2 Å². The highest BCUT2D eigenvalue weighted by Gasteiger charge is 2.18. The molecule has 0 spiro atoms. The fourth-order valence-electron chi connectivity index (χ4n) is 4.03. The molecule has 10 N–H and O–H groups in total. The van der Waals surface area contributed by atoms with E-state index in [4.69, 9.17) is 16.6 Å². The van der Waals surface area contributed by atoms with Gasteiger partial charge >= 0.3 is 12.0 Å². The largest absolute Gasteiger partial charge is 0.480 e. The Morgan fingerprint density at radius 1 is 0.818 bits per heavy atom. The van der Waals surface area contributed by atoms with Crippen molar-refractivity contribution >= 4 is 58.3 Å². The van der Waals surface area contributed by atoms with Crippen molar-refractivity contribution in [2.75, 3.05) is 26.2 Å². The third-order valence-corrected chi connectivity index (χ3v) is 6.97. The summed E-state index contributed by atoms with van der Waals surface area (Å²) in [6.07, 6.45) is 5.77. The van der Waals surface area contributed by atoms with Crippen molar-refractivity contribution < 1.29 is 29.1 Å². The van der Waals surface area contributed by atoms with Gasteiger partial charge in [0.05, 0.1) is 6.54 Å². The predicted octanol–water partition coefficient (Wildman–Crippen LogP) is 1.70. The van der Waals surface area contributed by atoms with Gasteiger partial charge in [0.2, 0.25) is 11.8 Å². The molecule has 0 bridgehead atoms. The van der Waals surface area contributed by atoms with Gasteiger partial charge in [-0.1, -0.05) is 13.3 Å². The normalized spacial score (nSPS) is 11.1. The average Bonchev–Trinajstić information content (AvgIpc) is 2.97. The zero-order valence-electron chi connectivity index (χ0n) is 25.4. The zero-order valence-corrected chi connectivity index (χ0v) is 27.5. The van der Waals surface area contributed by atoms with Gasteiger partial charge < -0.3 is 43.2 Å². The summed E-state index contributed by atoms with van der Waals surface area (Å²) < 4.78 is 0.912. The number of nitrogens with one attached hydrogen (secondary N) is 5. The van der Waals surface area contributed by atoms with E-state index < -0.39 is 18.0 Å². The standard InChI is InChI=1S/C29H47IN8O6/c1-2-9-23(27(42)43)38-29(44)36-15-8-4-6-13-34-25(40)11-10-24(39)33-12-5-3-7-14-35-26(41)21-16-20(17-22(30)18-21)19-37-28(31)32/h16-18,23H,2-15,19H2,1H3,(H,33,39)(H,34,40)(H,35,41)(H,42,43)(H4,31,32,37)(H2,36,38,44)/t23-/m0/s1/i30-2. The molecule has 0 aromatic heterocycles. The van der Waals surface area contributed by atoms with Crippen molar-refractivity contribution in [2.45, 2.75) is 83.7 Å².